The van der Waals surface area contributed by atoms with Crippen LogP contribution in [0.5, 0.6) is 0 Å². The second kappa shape index (κ2) is 11.5. The number of rotatable bonds is 4. The Morgan fingerprint density at radius 3 is 1.74 bits per heavy atom. The standard InChI is InChI=1S/C45H27N5/c46-26-29-17-22-45-40(23-29)37-12-4-6-14-42(37)49(45)33-21-20-32(28-48)39(25-33)38-24-30(18-19-31(38)27-47)34-9-1-5-13-41(34)50-43-15-7-2-10-35(43)36-11-3-8-16-44(36)50/h1-16,18-21,23-25H,17,22H2. The Balaban J connectivity index is 1.26. The number of benzene rings is 6. The Morgan fingerprint density at radius 2 is 1.06 bits per heavy atom. The molecule has 1 aliphatic carbocycles. The molecule has 50 heavy (non-hydrogen) atoms. The number of hydrogen-bond acceptors (Lipinski definition) is 3. The van der Waals surface area contributed by atoms with Crippen molar-refractivity contribution < 1.29 is 0 Å². The van der Waals surface area contributed by atoms with Crippen molar-refractivity contribution in [1.82, 2.24) is 9.13 Å². The molecular formula is C45H27N5. The molecule has 9 rings (SSSR count). The summed E-state index contributed by atoms with van der Waals surface area (Å²) in [7, 11) is 0. The molecule has 0 radical (unpaired) electrons. The molecule has 232 valence electrons. The molecule has 5 nitrogen and oxygen atoms in total. The van der Waals surface area contributed by atoms with Crippen LogP contribution in [-0.2, 0) is 6.42 Å². The molecule has 0 saturated carbocycles. The quantitative estimate of drug-likeness (QED) is 0.193. The number of allylic oxidation sites excluding steroid dienone is 1. The van der Waals surface area contributed by atoms with Crippen LogP contribution < -0.4 is 0 Å². The van der Waals surface area contributed by atoms with E-state index >= 15 is 0 Å². The summed E-state index contributed by atoms with van der Waals surface area (Å²) in [4.78, 5) is 0. The van der Waals surface area contributed by atoms with Gasteiger partial charge in [-0.15, -0.1) is 0 Å². The van der Waals surface area contributed by atoms with Gasteiger partial charge in [-0.1, -0.05) is 78.9 Å². The minimum atomic E-state index is 0.495. The Kier molecular flexibility index (Phi) is 6.70. The number of nitriles is 3. The summed E-state index contributed by atoms with van der Waals surface area (Å²) in [6.07, 6.45) is 3.42. The maximum absolute atomic E-state index is 10.4. The van der Waals surface area contributed by atoms with Crippen molar-refractivity contribution in [1.29, 1.82) is 15.8 Å². The van der Waals surface area contributed by atoms with Crippen molar-refractivity contribution >= 4 is 38.8 Å². The van der Waals surface area contributed by atoms with E-state index in [-0.39, 0.29) is 0 Å². The highest BCUT2D eigenvalue weighted by Crippen LogP contribution is 2.40. The van der Waals surface area contributed by atoms with Gasteiger partial charge in [-0.3, -0.25) is 0 Å². The first-order chi connectivity index (χ1) is 24.7. The van der Waals surface area contributed by atoms with Gasteiger partial charge in [0.2, 0.25) is 0 Å². The molecule has 0 amide bonds. The molecule has 0 unspecified atom stereocenters. The van der Waals surface area contributed by atoms with Crippen LogP contribution in [0.1, 0.15) is 28.8 Å². The van der Waals surface area contributed by atoms with Crippen LogP contribution in [0.3, 0.4) is 0 Å². The summed E-state index contributed by atoms with van der Waals surface area (Å²) in [6.45, 7) is 0. The molecule has 0 spiro atoms. The number of hydrogen-bond donors (Lipinski definition) is 0. The monoisotopic (exact) mass is 637 g/mol. The molecule has 5 heteroatoms. The summed E-state index contributed by atoms with van der Waals surface area (Å²) in [5.74, 6) is 0. The van der Waals surface area contributed by atoms with Gasteiger partial charge in [-0.05, 0) is 79.1 Å². The third-order valence-corrected chi connectivity index (χ3v) is 9.96. The minimum Gasteiger partial charge on any atom is -0.313 e. The van der Waals surface area contributed by atoms with Gasteiger partial charge >= 0.3 is 0 Å². The third-order valence-electron chi connectivity index (χ3n) is 9.96. The van der Waals surface area contributed by atoms with Crippen molar-refractivity contribution in [3.63, 3.8) is 0 Å². The average molecular weight is 638 g/mol. The van der Waals surface area contributed by atoms with Crippen molar-refractivity contribution in [3.8, 4) is 51.8 Å². The maximum Gasteiger partial charge on any atom is 0.0998 e. The second-order valence-corrected chi connectivity index (χ2v) is 12.6. The zero-order chi connectivity index (χ0) is 33.8. The SMILES string of the molecule is N#CC1=Cc2c(n(-c3ccc(C#N)c(-c4cc(-c5ccccc5-n5c6ccccc6c6ccccc65)ccc4C#N)c3)c3ccccc23)CC1. The molecule has 0 aliphatic heterocycles. The number of nitrogens with zero attached hydrogens (tertiary/aromatic N) is 5. The lowest BCUT2D eigenvalue weighted by molar-refractivity contribution is 0.871. The Morgan fingerprint density at radius 1 is 0.480 bits per heavy atom. The maximum atomic E-state index is 10.4. The highest BCUT2D eigenvalue weighted by atomic mass is 15.0. The van der Waals surface area contributed by atoms with E-state index in [1.165, 1.54) is 10.8 Å². The van der Waals surface area contributed by atoms with Crippen LogP contribution in [0, 0.1) is 34.0 Å². The van der Waals surface area contributed by atoms with Crippen molar-refractivity contribution in [2.75, 3.05) is 0 Å². The molecule has 8 aromatic rings. The molecule has 0 saturated heterocycles. The van der Waals surface area contributed by atoms with E-state index in [9.17, 15) is 15.8 Å². The van der Waals surface area contributed by atoms with Crippen molar-refractivity contribution in [2.45, 2.75) is 12.8 Å². The fraction of sp³-hybridized carbons (Fsp3) is 0.0444. The summed E-state index contributed by atoms with van der Waals surface area (Å²) in [5, 5.41) is 33.9. The van der Waals surface area contributed by atoms with Gasteiger partial charge in [0.05, 0.1) is 51.6 Å². The van der Waals surface area contributed by atoms with Crippen LogP contribution in [0.25, 0.3) is 72.4 Å². The Bertz CT molecular complexity index is 2810. The van der Waals surface area contributed by atoms with Crippen LogP contribution >= 0.6 is 0 Å². The molecule has 1 aliphatic rings. The van der Waals surface area contributed by atoms with E-state index in [2.05, 4.69) is 112 Å². The second-order valence-electron chi connectivity index (χ2n) is 12.6. The third kappa shape index (κ3) is 4.37. The van der Waals surface area contributed by atoms with E-state index in [4.69, 9.17) is 0 Å². The number of fused-ring (bicyclic) bond motifs is 6. The van der Waals surface area contributed by atoms with Crippen molar-refractivity contribution in [3.05, 3.63) is 161 Å². The molecule has 0 bridgehead atoms. The predicted molar refractivity (Wildman–Crippen MR) is 200 cm³/mol. The summed E-state index contributed by atoms with van der Waals surface area (Å²) in [5.41, 5.74) is 12.6. The molecule has 6 aromatic carbocycles. The average Bonchev–Trinajstić information content (AvgIpc) is 3.70. The number of aromatic nitrogens is 2. The molecule has 2 aromatic heterocycles. The van der Waals surface area contributed by atoms with Crippen molar-refractivity contribution in [2.24, 2.45) is 0 Å². The predicted octanol–water partition coefficient (Wildman–Crippen LogP) is 10.7. The van der Waals surface area contributed by atoms with Gasteiger partial charge in [0, 0.05) is 55.4 Å². The van der Waals surface area contributed by atoms with Crippen LogP contribution in [0.15, 0.2) is 139 Å². The Hall–Kier alpha value is -7.13. The largest absolute Gasteiger partial charge is 0.313 e. The first kappa shape index (κ1) is 29.0. The van der Waals surface area contributed by atoms with E-state index in [0.29, 0.717) is 28.7 Å². The van der Waals surface area contributed by atoms with Gasteiger partial charge in [0.25, 0.3) is 0 Å². The zero-order valence-electron chi connectivity index (χ0n) is 26.9. The van der Waals surface area contributed by atoms with Gasteiger partial charge in [0.1, 0.15) is 0 Å². The Labute approximate surface area is 289 Å². The molecule has 0 atom stereocenters. The van der Waals surface area contributed by atoms with Gasteiger partial charge in [-0.25, -0.2) is 0 Å². The highest BCUT2D eigenvalue weighted by Gasteiger charge is 2.23. The molecule has 0 N–H and O–H groups in total. The molecule has 2 heterocycles. The van der Waals surface area contributed by atoms with Gasteiger partial charge in [0.15, 0.2) is 0 Å². The number of para-hydroxylation sites is 4. The van der Waals surface area contributed by atoms with Gasteiger partial charge in [-0.2, -0.15) is 15.8 Å². The van der Waals surface area contributed by atoms with Crippen LogP contribution in [0.4, 0.5) is 0 Å². The van der Waals surface area contributed by atoms with Crippen LogP contribution in [-0.4, -0.2) is 9.13 Å². The molecular weight excluding hydrogens is 611 g/mol. The fourth-order valence-corrected chi connectivity index (χ4v) is 7.73. The van der Waals surface area contributed by atoms with E-state index in [0.717, 1.165) is 67.7 Å². The first-order valence-electron chi connectivity index (χ1n) is 16.6. The summed E-state index contributed by atoms with van der Waals surface area (Å²) in [6, 6.07) is 52.4. The topological polar surface area (TPSA) is 81.2 Å². The molecule has 0 fully saturated rings. The lowest BCUT2D eigenvalue weighted by Gasteiger charge is -2.18. The first-order valence-corrected chi connectivity index (χ1v) is 16.6. The smallest absolute Gasteiger partial charge is 0.0998 e. The van der Waals surface area contributed by atoms with Gasteiger partial charge < -0.3 is 9.13 Å². The summed E-state index contributed by atoms with van der Waals surface area (Å²) < 4.78 is 4.55. The van der Waals surface area contributed by atoms with E-state index in [1.807, 2.05) is 54.6 Å². The lowest BCUT2D eigenvalue weighted by Crippen LogP contribution is -2.05. The fourth-order valence-electron chi connectivity index (χ4n) is 7.73. The van der Waals surface area contributed by atoms with Crippen LogP contribution in [0.2, 0.25) is 0 Å². The zero-order valence-corrected chi connectivity index (χ0v) is 26.9. The lowest BCUT2D eigenvalue weighted by atomic mass is 9.91. The minimum absolute atomic E-state index is 0.495. The highest BCUT2D eigenvalue weighted by molar-refractivity contribution is 6.09. The normalized spacial score (nSPS) is 12.3. The summed E-state index contributed by atoms with van der Waals surface area (Å²) >= 11 is 0. The van der Waals surface area contributed by atoms with E-state index in [1.54, 1.807) is 0 Å². The van der Waals surface area contributed by atoms with E-state index < -0.39 is 0 Å².